The summed E-state index contributed by atoms with van der Waals surface area (Å²) in [6.07, 6.45) is 2.91. The molecule has 0 aliphatic heterocycles. The maximum Gasteiger partial charge on any atom is 0.146 e. The molecule has 2 rings (SSSR count). The van der Waals surface area contributed by atoms with E-state index in [9.17, 15) is 4.79 Å². The van der Waals surface area contributed by atoms with Crippen molar-refractivity contribution in [1.29, 1.82) is 0 Å². The Kier molecular flexibility index (Phi) is 3.38. The zero-order valence-corrected chi connectivity index (χ0v) is 10.2. The normalized spacial score (nSPS) is 12.1. The fourth-order valence-corrected chi connectivity index (χ4v) is 1.83. The molecule has 0 radical (unpaired) electrons. The molecular formula is C16H16O. The van der Waals surface area contributed by atoms with E-state index in [-0.39, 0.29) is 5.92 Å². The SMILES string of the molecule is CC(C)C(C=O)=Cc1ccc2ccccc2c1. The first-order valence-electron chi connectivity index (χ1n) is 5.86. The minimum absolute atomic E-state index is 0.263. The van der Waals surface area contributed by atoms with Crippen molar-refractivity contribution in [3.05, 3.63) is 53.6 Å². The van der Waals surface area contributed by atoms with Crippen molar-refractivity contribution in [3.63, 3.8) is 0 Å². The molecule has 2 aromatic rings. The van der Waals surface area contributed by atoms with E-state index < -0.39 is 0 Å². The Balaban J connectivity index is 2.46. The highest BCUT2D eigenvalue weighted by Crippen LogP contribution is 2.19. The summed E-state index contributed by atoms with van der Waals surface area (Å²) in [5.74, 6) is 0.263. The first-order valence-corrected chi connectivity index (χ1v) is 5.86. The largest absolute Gasteiger partial charge is 0.298 e. The van der Waals surface area contributed by atoms with E-state index in [0.717, 1.165) is 17.4 Å². The second kappa shape index (κ2) is 4.96. The van der Waals surface area contributed by atoms with Crippen LogP contribution in [0.25, 0.3) is 16.8 Å². The van der Waals surface area contributed by atoms with E-state index >= 15 is 0 Å². The number of fused-ring (bicyclic) bond motifs is 1. The number of carbonyl (C=O) groups excluding carboxylic acids is 1. The molecule has 2 aromatic carbocycles. The molecule has 1 nitrogen and oxygen atoms in total. The molecule has 0 atom stereocenters. The summed E-state index contributed by atoms with van der Waals surface area (Å²) < 4.78 is 0. The van der Waals surface area contributed by atoms with Crippen LogP contribution in [-0.2, 0) is 4.79 Å². The van der Waals surface area contributed by atoms with Crippen LogP contribution in [-0.4, -0.2) is 6.29 Å². The Labute approximate surface area is 102 Å². The van der Waals surface area contributed by atoms with Gasteiger partial charge in [0, 0.05) is 0 Å². The smallest absolute Gasteiger partial charge is 0.146 e. The molecule has 0 bridgehead atoms. The van der Waals surface area contributed by atoms with Crippen molar-refractivity contribution in [1.82, 2.24) is 0 Å². The molecule has 17 heavy (non-hydrogen) atoms. The van der Waals surface area contributed by atoms with Crippen LogP contribution in [0.1, 0.15) is 19.4 Å². The summed E-state index contributed by atoms with van der Waals surface area (Å²) in [6.45, 7) is 4.06. The Hall–Kier alpha value is -1.89. The van der Waals surface area contributed by atoms with Gasteiger partial charge in [0.25, 0.3) is 0 Å². The third-order valence-electron chi connectivity index (χ3n) is 2.91. The lowest BCUT2D eigenvalue weighted by atomic mass is 10.00. The third kappa shape index (κ3) is 2.62. The van der Waals surface area contributed by atoms with E-state index in [1.54, 1.807) is 0 Å². The molecule has 0 fully saturated rings. The van der Waals surface area contributed by atoms with Crippen LogP contribution in [0.5, 0.6) is 0 Å². The standard InChI is InChI=1S/C16H16O/c1-12(2)16(11-17)10-13-7-8-14-5-3-4-6-15(14)9-13/h3-12H,1-2H3. The highest BCUT2D eigenvalue weighted by atomic mass is 16.1. The Morgan fingerprint density at radius 2 is 1.76 bits per heavy atom. The van der Waals surface area contributed by atoms with Crippen LogP contribution >= 0.6 is 0 Å². The first-order chi connectivity index (χ1) is 8.20. The van der Waals surface area contributed by atoms with Crippen molar-refractivity contribution < 1.29 is 4.79 Å². The van der Waals surface area contributed by atoms with Crippen molar-refractivity contribution >= 4 is 23.1 Å². The lowest BCUT2D eigenvalue weighted by molar-refractivity contribution is -0.105. The van der Waals surface area contributed by atoms with Crippen LogP contribution in [0, 0.1) is 5.92 Å². The van der Waals surface area contributed by atoms with Crippen molar-refractivity contribution in [3.8, 4) is 0 Å². The molecule has 0 aliphatic carbocycles. The number of hydrogen-bond acceptors (Lipinski definition) is 1. The van der Waals surface area contributed by atoms with Gasteiger partial charge in [-0.1, -0.05) is 50.2 Å². The average Bonchev–Trinajstić information content (AvgIpc) is 2.35. The third-order valence-corrected chi connectivity index (χ3v) is 2.91. The minimum atomic E-state index is 0.263. The molecule has 86 valence electrons. The molecule has 1 heteroatoms. The van der Waals surface area contributed by atoms with E-state index in [4.69, 9.17) is 0 Å². The van der Waals surface area contributed by atoms with E-state index in [1.807, 2.05) is 38.1 Å². The zero-order chi connectivity index (χ0) is 12.3. The van der Waals surface area contributed by atoms with Gasteiger partial charge in [-0.15, -0.1) is 0 Å². The predicted molar refractivity (Wildman–Crippen MR) is 72.8 cm³/mol. The molecule has 0 spiro atoms. The summed E-state index contributed by atoms with van der Waals surface area (Å²) in [5.41, 5.74) is 1.92. The van der Waals surface area contributed by atoms with Crippen molar-refractivity contribution in [2.45, 2.75) is 13.8 Å². The van der Waals surface area contributed by atoms with Gasteiger partial charge >= 0.3 is 0 Å². The number of hydrogen-bond donors (Lipinski definition) is 0. The van der Waals surface area contributed by atoms with Gasteiger partial charge in [-0.25, -0.2) is 0 Å². The van der Waals surface area contributed by atoms with Crippen LogP contribution in [0.4, 0.5) is 0 Å². The molecular weight excluding hydrogens is 208 g/mol. The van der Waals surface area contributed by atoms with Crippen LogP contribution in [0.2, 0.25) is 0 Å². The van der Waals surface area contributed by atoms with E-state index in [1.165, 1.54) is 10.8 Å². The fourth-order valence-electron chi connectivity index (χ4n) is 1.83. The van der Waals surface area contributed by atoms with Crippen LogP contribution in [0.3, 0.4) is 0 Å². The highest BCUT2D eigenvalue weighted by Gasteiger charge is 2.02. The van der Waals surface area contributed by atoms with E-state index in [2.05, 4.69) is 24.3 Å². The molecule has 0 unspecified atom stereocenters. The number of benzene rings is 2. The summed E-state index contributed by atoms with van der Waals surface area (Å²) in [6, 6.07) is 14.5. The topological polar surface area (TPSA) is 17.1 Å². The summed E-state index contributed by atoms with van der Waals surface area (Å²) in [7, 11) is 0. The van der Waals surface area contributed by atoms with E-state index in [0.29, 0.717) is 0 Å². The predicted octanol–water partition coefficient (Wildman–Crippen LogP) is 4.08. The second-order valence-electron chi connectivity index (χ2n) is 4.52. The Bertz CT molecular complexity index is 565. The van der Waals surface area contributed by atoms with Gasteiger partial charge in [-0.2, -0.15) is 0 Å². The molecule has 0 aromatic heterocycles. The number of allylic oxidation sites excluding steroid dienone is 1. The van der Waals surface area contributed by atoms with Gasteiger partial charge in [0.2, 0.25) is 0 Å². The monoisotopic (exact) mass is 224 g/mol. The van der Waals surface area contributed by atoms with Gasteiger partial charge < -0.3 is 0 Å². The maximum atomic E-state index is 10.9. The maximum absolute atomic E-state index is 10.9. The molecule has 0 saturated heterocycles. The van der Waals surface area contributed by atoms with Gasteiger partial charge in [-0.05, 0) is 40.0 Å². The summed E-state index contributed by atoms with van der Waals surface area (Å²) in [4.78, 5) is 10.9. The van der Waals surface area contributed by atoms with Gasteiger partial charge in [0.05, 0.1) is 0 Å². The van der Waals surface area contributed by atoms with Gasteiger partial charge in [-0.3, -0.25) is 4.79 Å². The molecule has 0 amide bonds. The number of carbonyl (C=O) groups is 1. The Morgan fingerprint density at radius 3 is 2.41 bits per heavy atom. The van der Waals surface area contributed by atoms with Crippen molar-refractivity contribution in [2.75, 3.05) is 0 Å². The molecule has 0 heterocycles. The fraction of sp³-hybridized carbons (Fsp3) is 0.188. The Morgan fingerprint density at radius 1 is 1.06 bits per heavy atom. The summed E-state index contributed by atoms with van der Waals surface area (Å²) >= 11 is 0. The highest BCUT2D eigenvalue weighted by molar-refractivity contribution is 5.87. The quantitative estimate of drug-likeness (QED) is 0.567. The van der Waals surface area contributed by atoms with Crippen LogP contribution < -0.4 is 0 Å². The van der Waals surface area contributed by atoms with Gasteiger partial charge in [0.1, 0.15) is 6.29 Å². The van der Waals surface area contributed by atoms with Crippen molar-refractivity contribution in [2.24, 2.45) is 5.92 Å². The molecule has 0 aliphatic rings. The first kappa shape index (κ1) is 11.6. The lowest BCUT2D eigenvalue weighted by Gasteiger charge is -2.04. The number of rotatable bonds is 3. The lowest BCUT2D eigenvalue weighted by Crippen LogP contribution is -1.94. The van der Waals surface area contributed by atoms with Crippen LogP contribution in [0.15, 0.2) is 48.0 Å². The van der Waals surface area contributed by atoms with Gasteiger partial charge in [0.15, 0.2) is 0 Å². The average molecular weight is 224 g/mol. The zero-order valence-electron chi connectivity index (χ0n) is 10.2. The molecule has 0 N–H and O–H groups in total. The minimum Gasteiger partial charge on any atom is -0.298 e. The second-order valence-corrected chi connectivity index (χ2v) is 4.52. The molecule has 0 saturated carbocycles. The number of aldehydes is 1. The summed E-state index contributed by atoms with van der Waals surface area (Å²) in [5, 5.41) is 2.43.